The normalized spacial score (nSPS) is 10.8. The number of amides is 2. The van der Waals surface area contributed by atoms with Gasteiger partial charge in [0.05, 0.1) is 31.5 Å². The largest absolute Gasteiger partial charge is 0.479 e. The summed E-state index contributed by atoms with van der Waals surface area (Å²) >= 11 is 6.06. The number of hydrazine groups is 1. The van der Waals surface area contributed by atoms with Gasteiger partial charge in [-0.1, -0.05) is 30.3 Å². The zero-order chi connectivity index (χ0) is 26.7. The Morgan fingerprint density at radius 3 is 2.68 bits per heavy atom. The van der Waals surface area contributed by atoms with Gasteiger partial charge >= 0.3 is 6.03 Å². The summed E-state index contributed by atoms with van der Waals surface area (Å²) in [6, 6.07) is 7.81. The highest BCUT2D eigenvalue weighted by Gasteiger charge is 2.20. The first-order valence-electron chi connectivity index (χ1n) is 10.7. The van der Waals surface area contributed by atoms with Crippen LogP contribution in [0.3, 0.4) is 0 Å². The Hall–Kier alpha value is -4.52. The number of aryl methyl sites for hydroxylation is 1. The van der Waals surface area contributed by atoms with Crippen molar-refractivity contribution in [1.82, 2.24) is 41.1 Å². The van der Waals surface area contributed by atoms with Crippen LogP contribution >= 0.6 is 11.6 Å². The summed E-state index contributed by atoms with van der Waals surface area (Å²) in [5.41, 5.74) is 3.85. The lowest BCUT2D eigenvalue weighted by Crippen LogP contribution is -2.44. The van der Waals surface area contributed by atoms with Gasteiger partial charge in [0.15, 0.2) is 5.76 Å². The molecule has 4 rings (SSSR count). The van der Waals surface area contributed by atoms with Crippen molar-refractivity contribution in [2.24, 2.45) is 7.05 Å². The smallest absolute Gasteiger partial charge is 0.336 e. The van der Waals surface area contributed by atoms with E-state index >= 15 is 0 Å². The Morgan fingerprint density at radius 2 is 2.03 bits per heavy atom. The van der Waals surface area contributed by atoms with Gasteiger partial charge in [0.25, 0.3) is 5.88 Å². The molecule has 2 heterocycles. The van der Waals surface area contributed by atoms with Crippen LogP contribution in [-0.4, -0.2) is 50.6 Å². The van der Waals surface area contributed by atoms with E-state index in [0.717, 1.165) is 11.1 Å². The van der Waals surface area contributed by atoms with Crippen molar-refractivity contribution >= 4 is 23.3 Å². The predicted molar refractivity (Wildman–Crippen MR) is 130 cm³/mol. The topological polar surface area (TPSA) is 123 Å². The Kier molecular flexibility index (Phi) is 7.34. The maximum atomic E-state index is 15.0. The van der Waals surface area contributed by atoms with Crippen molar-refractivity contribution in [1.29, 1.82) is 0 Å². The highest BCUT2D eigenvalue weighted by atomic mass is 35.5. The van der Waals surface area contributed by atoms with Crippen LogP contribution in [0.1, 0.15) is 11.3 Å². The van der Waals surface area contributed by atoms with Crippen molar-refractivity contribution in [3.63, 3.8) is 0 Å². The average molecular weight is 531 g/mol. The summed E-state index contributed by atoms with van der Waals surface area (Å²) in [6.07, 6.45) is 0. The van der Waals surface area contributed by atoms with Gasteiger partial charge < -0.3 is 14.6 Å². The van der Waals surface area contributed by atoms with Crippen LogP contribution in [0.15, 0.2) is 47.5 Å². The van der Waals surface area contributed by atoms with Crippen LogP contribution in [0.4, 0.5) is 13.6 Å². The molecule has 2 aromatic carbocycles. The minimum Gasteiger partial charge on any atom is -0.479 e. The number of nitrogens with zero attached hydrogens (tertiary/aromatic N) is 6. The quantitative estimate of drug-likeness (QED) is 0.330. The highest BCUT2D eigenvalue weighted by Crippen LogP contribution is 2.35. The number of hydrogen-bond donors (Lipinski definition) is 2. The summed E-state index contributed by atoms with van der Waals surface area (Å²) in [6.45, 7) is 3.65. The van der Waals surface area contributed by atoms with Gasteiger partial charge in [0.2, 0.25) is 5.82 Å². The van der Waals surface area contributed by atoms with Crippen molar-refractivity contribution in [3.05, 3.63) is 71.0 Å². The second-order valence-electron chi connectivity index (χ2n) is 7.76. The van der Waals surface area contributed by atoms with Gasteiger partial charge in [-0.05, 0) is 39.7 Å². The van der Waals surface area contributed by atoms with Crippen LogP contribution in [0.25, 0.3) is 28.2 Å². The van der Waals surface area contributed by atoms with E-state index in [0.29, 0.717) is 11.1 Å². The molecule has 2 aromatic heterocycles. The maximum absolute atomic E-state index is 15.0. The van der Waals surface area contributed by atoms with E-state index in [1.54, 1.807) is 13.1 Å². The summed E-state index contributed by atoms with van der Waals surface area (Å²) in [7, 11) is 4.43. The first-order valence-corrected chi connectivity index (χ1v) is 11.0. The number of carbonyl (C=O) groups excluding carboxylic acids is 1. The Morgan fingerprint density at radius 1 is 1.24 bits per heavy atom. The van der Waals surface area contributed by atoms with Gasteiger partial charge in [-0.25, -0.2) is 18.6 Å². The molecular formula is C23H21ClF2N8O3. The fraction of sp³-hybridized carbons (Fsp3) is 0.174. The number of nitrogens with one attached hydrogen (secondary N) is 2. The Balaban J connectivity index is 1.46. The van der Waals surface area contributed by atoms with Gasteiger partial charge in [-0.2, -0.15) is 4.80 Å². The molecule has 0 fully saturated rings. The predicted octanol–water partition coefficient (Wildman–Crippen LogP) is 3.79. The number of methoxy groups -OCH3 is 1. The number of aromatic nitrogens is 5. The average Bonchev–Trinajstić information content (AvgIpc) is 3.51. The van der Waals surface area contributed by atoms with Crippen LogP contribution in [-0.2, 0) is 13.6 Å². The van der Waals surface area contributed by atoms with Gasteiger partial charge in [0.1, 0.15) is 11.6 Å². The van der Waals surface area contributed by atoms with E-state index in [-0.39, 0.29) is 45.9 Å². The number of rotatable bonds is 8. The lowest BCUT2D eigenvalue weighted by Gasteiger charge is -2.20. The minimum atomic E-state index is -0.673. The fourth-order valence-electron chi connectivity index (χ4n) is 3.37. The number of carbonyl (C=O) groups is 1. The number of urea groups is 1. The van der Waals surface area contributed by atoms with E-state index < -0.39 is 17.7 Å². The van der Waals surface area contributed by atoms with E-state index in [9.17, 15) is 13.6 Å². The number of tetrazole rings is 1. The summed E-state index contributed by atoms with van der Waals surface area (Å²) < 4.78 is 39.8. The molecule has 11 nitrogen and oxygen atoms in total. The molecule has 0 radical (unpaired) electrons. The molecule has 0 aliphatic rings. The summed E-state index contributed by atoms with van der Waals surface area (Å²) in [5.74, 6) is -0.737. The summed E-state index contributed by atoms with van der Waals surface area (Å²) in [5, 5.41) is 19.1. The molecule has 0 unspecified atom stereocenters. The molecule has 2 amide bonds. The molecule has 14 heteroatoms. The molecular weight excluding hydrogens is 510 g/mol. The number of hydrogen-bond acceptors (Lipinski definition) is 8. The van der Waals surface area contributed by atoms with Crippen molar-refractivity contribution in [2.75, 3.05) is 14.2 Å². The first-order chi connectivity index (χ1) is 17.7. The van der Waals surface area contributed by atoms with Gasteiger partial charge in [-0.15, -0.1) is 10.2 Å². The van der Waals surface area contributed by atoms with Crippen LogP contribution in [0.5, 0.6) is 5.88 Å². The molecule has 0 atom stereocenters. The molecule has 37 heavy (non-hydrogen) atoms. The van der Waals surface area contributed by atoms with Crippen LogP contribution in [0, 0.1) is 11.6 Å². The van der Waals surface area contributed by atoms with E-state index in [1.165, 1.54) is 43.2 Å². The van der Waals surface area contributed by atoms with Crippen molar-refractivity contribution in [2.45, 2.75) is 6.54 Å². The maximum Gasteiger partial charge on any atom is 0.336 e. The highest BCUT2D eigenvalue weighted by molar-refractivity contribution is 6.31. The lowest BCUT2D eigenvalue weighted by atomic mass is 9.97. The van der Waals surface area contributed by atoms with E-state index in [2.05, 4.69) is 37.9 Å². The molecule has 0 bridgehead atoms. The van der Waals surface area contributed by atoms with Crippen molar-refractivity contribution in [3.8, 4) is 28.4 Å². The molecule has 0 aliphatic heterocycles. The molecule has 0 spiro atoms. The lowest BCUT2D eigenvalue weighted by molar-refractivity contribution is 0.197. The molecule has 0 saturated heterocycles. The van der Waals surface area contributed by atoms with Gasteiger partial charge in [-0.3, -0.25) is 5.43 Å². The molecule has 2 N–H and O–H groups in total. The third-order valence-electron chi connectivity index (χ3n) is 5.18. The number of halogens is 3. The molecule has 192 valence electrons. The van der Waals surface area contributed by atoms with Crippen molar-refractivity contribution < 1.29 is 22.8 Å². The fourth-order valence-corrected chi connectivity index (χ4v) is 3.57. The third kappa shape index (κ3) is 5.67. The zero-order valence-corrected chi connectivity index (χ0v) is 20.7. The Labute approximate surface area is 214 Å². The summed E-state index contributed by atoms with van der Waals surface area (Å²) in [4.78, 5) is 13.6. The molecule has 4 aromatic rings. The van der Waals surface area contributed by atoms with E-state index in [4.69, 9.17) is 20.9 Å². The second-order valence-corrected chi connectivity index (χ2v) is 8.20. The van der Waals surface area contributed by atoms with Crippen LogP contribution < -0.4 is 15.5 Å². The third-order valence-corrected chi connectivity index (χ3v) is 5.40. The molecule has 0 saturated carbocycles. The van der Waals surface area contributed by atoms with Crippen LogP contribution in [0.2, 0.25) is 5.02 Å². The SMILES string of the molecule is C=C(NN(C)C(=O)NCc1ccc(-c2cc(Cl)cc(F)c2-c2nnn(C)n2)cc1F)c1cc(OC)no1. The van der Waals surface area contributed by atoms with E-state index in [1.807, 2.05) is 0 Å². The number of benzene rings is 2. The standard InChI is InChI=1S/C23H21ClF2N8O3/c1-12(19-10-20(36-4)31-37-19)29-33(2)23(35)27-11-14-6-5-13(7-17(14)25)16-8-15(24)9-18(26)21(16)22-28-32-34(3)30-22/h5-10,29H,1,11H2,2-4H3,(H,27,35). The number of ether oxygens (including phenoxy) is 1. The molecule has 0 aliphatic carbocycles. The monoisotopic (exact) mass is 530 g/mol. The van der Waals surface area contributed by atoms with Gasteiger partial charge in [0, 0.05) is 24.2 Å². The zero-order valence-electron chi connectivity index (χ0n) is 19.9. The minimum absolute atomic E-state index is 0.0318. The second kappa shape index (κ2) is 10.6. The Bertz CT molecular complexity index is 1470. The first kappa shape index (κ1) is 25.6.